The Balaban J connectivity index is 2.95. The lowest BCUT2D eigenvalue weighted by Gasteiger charge is -2.13. The van der Waals surface area contributed by atoms with E-state index in [1.807, 2.05) is 6.07 Å². The molecule has 4 N–H and O–H groups in total. The Morgan fingerprint density at radius 2 is 2.31 bits per heavy atom. The molecule has 4 heteroatoms. The predicted molar refractivity (Wildman–Crippen MR) is 54.8 cm³/mol. The fourth-order valence-corrected chi connectivity index (χ4v) is 1.31. The van der Waals surface area contributed by atoms with Crippen molar-refractivity contribution in [1.29, 1.82) is 0 Å². The molecule has 0 aromatic heterocycles. The number of hydrogen-bond donors (Lipinski definition) is 3. The first-order chi connectivity index (χ1) is 6.19. The van der Waals surface area contributed by atoms with Gasteiger partial charge in [-0.05, 0) is 24.7 Å². The highest BCUT2D eigenvalue weighted by molar-refractivity contribution is 6.33. The number of nitrogens with two attached hydrogens (primary N) is 1. The van der Waals surface area contributed by atoms with E-state index in [0.29, 0.717) is 10.7 Å². The Kier molecular flexibility index (Phi) is 3.54. The van der Waals surface area contributed by atoms with Gasteiger partial charge >= 0.3 is 0 Å². The summed E-state index contributed by atoms with van der Waals surface area (Å²) in [5.74, 6) is 0. The van der Waals surface area contributed by atoms with Crippen molar-refractivity contribution in [3.8, 4) is 0 Å². The van der Waals surface area contributed by atoms with E-state index in [1.165, 1.54) is 0 Å². The molecule has 13 heavy (non-hydrogen) atoms. The van der Waals surface area contributed by atoms with Crippen molar-refractivity contribution in [2.45, 2.75) is 6.04 Å². The Bertz CT molecular complexity index is 287. The molecule has 72 valence electrons. The molecule has 1 aromatic carbocycles. The lowest BCUT2D eigenvalue weighted by Crippen LogP contribution is -2.19. The first-order valence-electron chi connectivity index (χ1n) is 4.02. The zero-order chi connectivity index (χ0) is 9.84. The minimum Gasteiger partial charge on any atom is -0.398 e. The standard InChI is InChI=1S/C9H13ClN2O/c1-12-9(5-13)6-2-3-8(11)7(10)4-6/h2-4,9,12-13H,5,11H2,1H3/t9-/m0/s1. The molecule has 0 fully saturated rings. The summed E-state index contributed by atoms with van der Waals surface area (Å²) in [6.45, 7) is 0.0384. The van der Waals surface area contributed by atoms with E-state index in [4.69, 9.17) is 22.4 Å². The average Bonchev–Trinajstić information content (AvgIpc) is 2.13. The number of rotatable bonds is 3. The number of likely N-dealkylation sites (N-methyl/N-ethyl adjacent to an activating group) is 1. The number of halogens is 1. The van der Waals surface area contributed by atoms with Crippen LogP contribution in [0.15, 0.2) is 18.2 Å². The minimum atomic E-state index is -0.0851. The fraction of sp³-hybridized carbons (Fsp3) is 0.333. The van der Waals surface area contributed by atoms with Gasteiger partial charge in [-0.2, -0.15) is 0 Å². The van der Waals surface area contributed by atoms with Gasteiger partial charge in [-0.15, -0.1) is 0 Å². The second-order valence-electron chi connectivity index (χ2n) is 2.80. The number of aliphatic hydroxyl groups is 1. The van der Waals surface area contributed by atoms with Gasteiger partial charge in [0, 0.05) is 0 Å². The Morgan fingerprint density at radius 1 is 1.62 bits per heavy atom. The lowest BCUT2D eigenvalue weighted by molar-refractivity contribution is 0.251. The van der Waals surface area contributed by atoms with Crippen LogP contribution in [-0.4, -0.2) is 18.8 Å². The van der Waals surface area contributed by atoms with Crippen molar-refractivity contribution < 1.29 is 5.11 Å². The SMILES string of the molecule is CN[C@@H](CO)c1ccc(N)c(Cl)c1. The number of nitrogen functional groups attached to an aromatic ring is 1. The van der Waals surface area contributed by atoms with Crippen molar-refractivity contribution in [2.24, 2.45) is 0 Å². The Labute approximate surface area is 82.5 Å². The molecule has 0 heterocycles. The molecule has 1 rings (SSSR count). The van der Waals surface area contributed by atoms with Crippen LogP contribution in [0, 0.1) is 0 Å². The van der Waals surface area contributed by atoms with Crippen molar-refractivity contribution >= 4 is 17.3 Å². The van der Waals surface area contributed by atoms with Crippen LogP contribution in [0.3, 0.4) is 0 Å². The van der Waals surface area contributed by atoms with Gasteiger partial charge in [0.25, 0.3) is 0 Å². The van der Waals surface area contributed by atoms with Gasteiger partial charge in [0.15, 0.2) is 0 Å². The molecule has 3 nitrogen and oxygen atoms in total. The molecular formula is C9H13ClN2O. The van der Waals surface area contributed by atoms with Crippen molar-refractivity contribution in [3.05, 3.63) is 28.8 Å². The molecule has 0 aliphatic heterocycles. The Hall–Kier alpha value is -0.770. The molecule has 0 unspecified atom stereocenters. The van der Waals surface area contributed by atoms with E-state index in [-0.39, 0.29) is 12.6 Å². The summed E-state index contributed by atoms with van der Waals surface area (Å²) in [7, 11) is 1.78. The second kappa shape index (κ2) is 4.46. The van der Waals surface area contributed by atoms with Gasteiger partial charge in [-0.3, -0.25) is 0 Å². The summed E-state index contributed by atoms with van der Waals surface area (Å²) in [6, 6.07) is 5.25. The molecule has 1 atom stereocenters. The summed E-state index contributed by atoms with van der Waals surface area (Å²) < 4.78 is 0. The highest BCUT2D eigenvalue weighted by atomic mass is 35.5. The van der Waals surface area contributed by atoms with Gasteiger partial charge in [-0.25, -0.2) is 0 Å². The second-order valence-corrected chi connectivity index (χ2v) is 3.21. The Morgan fingerprint density at radius 3 is 2.77 bits per heavy atom. The molecule has 0 aliphatic rings. The smallest absolute Gasteiger partial charge is 0.0638 e. The van der Waals surface area contributed by atoms with Crippen LogP contribution in [0.1, 0.15) is 11.6 Å². The minimum absolute atomic E-state index is 0.0384. The largest absolute Gasteiger partial charge is 0.398 e. The van der Waals surface area contributed by atoms with Crippen LogP contribution in [0.25, 0.3) is 0 Å². The van der Waals surface area contributed by atoms with Crippen molar-refractivity contribution in [1.82, 2.24) is 5.32 Å². The van der Waals surface area contributed by atoms with Crippen LogP contribution in [0.2, 0.25) is 5.02 Å². The molecule has 0 spiro atoms. The molecule has 0 amide bonds. The molecule has 1 aromatic rings. The number of anilines is 1. The molecule has 0 saturated carbocycles. The van der Waals surface area contributed by atoms with Crippen molar-refractivity contribution in [2.75, 3.05) is 19.4 Å². The van der Waals surface area contributed by atoms with Crippen LogP contribution >= 0.6 is 11.6 Å². The van der Waals surface area contributed by atoms with Gasteiger partial charge in [-0.1, -0.05) is 17.7 Å². The highest BCUT2D eigenvalue weighted by Crippen LogP contribution is 2.23. The maximum Gasteiger partial charge on any atom is 0.0638 e. The van der Waals surface area contributed by atoms with Gasteiger partial charge < -0.3 is 16.2 Å². The fourth-order valence-electron chi connectivity index (χ4n) is 1.12. The number of nitrogens with one attached hydrogen (secondary N) is 1. The van der Waals surface area contributed by atoms with Gasteiger partial charge in [0.1, 0.15) is 0 Å². The zero-order valence-electron chi connectivity index (χ0n) is 7.42. The maximum atomic E-state index is 9.00. The third kappa shape index (κ3) is 2.34. The monoisotopic (exact) mass is 200 g/mol. The normalized spacial score (nSPS) is 12.8. The number of aliphatic hydroxyl groups excluding tert-OH is 1. The zero-order valence-corrected chi connectivity index (χ0v) is 8.17. The molecule has 0 aliphatic carbocycles. The summed E-state index contributed by atoms with van der Waals surface area (Å²) in [5, 5.41) is 12.5. The lowest BCUT2D eigenvalue weighted by atomic mass is 10.1. The van der Waals surface area contributed by atoms with Crippen LogP contribution in [-0.2, 0) is 0 Å². The molecular weight excluding hydrogens is 188 g/mol. The van der Waals surface area contributed by atoms with E-state index < -0.39 is 0 Å². The quantitative estimate of drug-likeness (QED) is 0.643. The van der Waals surface area contributed by atoms with Gasteiger partial charge in [0.2, 0.25) is 0 Å². The summed E-state index contributed by atoms with van der Waals surface area (Å²) >= 11 is 5.84. The summed E-state index contributed by atoms with van der Waals surface area (Å²) in [5.41, 5.74) is 7.05. The van der Waals surface area contributed by atoms with Crippen LogP contribution in [0.4, 0.5) is 5.69 Å². The molecule has 0 radical (unpaired) electrons. The van der Waals surface area contributed by atoms with Gasteiger partial charge in [0.05, 0.1) is 23.4 Å². The third-order valence-electron chi connectivity index (χ3n) is 1.96. The third-order valence-corrected chi connectivity index (χ3v) is 2.29. The van der Waals surface area contributed by atoms with Crippen LogP contribution < -0.4 is 11.1 Å². The van der Waals surface area contributed by atoms with E-state index in [2.05, 4.69) is 5.32 Å². The number of hydrogen-bond acceptors (Lipinski definition) is 3. The first kappa shape index (κ1) is 10.3. The van der Waals surface area contributed by atoms with E-state index >= 15 is 0 Å². The summed E-state index contributed by atoms with van der Waals surface area (Å²) in [4.78, 5) is 0. The van der Waals surface area contributed by atoms with E-state index in [0.717, 1.165) is 5.56 Å². The number of benzene rings is 1. The molecule has 0 bridgehead atoms. The highest BCUT2D eigenvalue weighted by Gasteiger charge is 2.08. The topological polar surface area (TPSA) is 58.3 Å². The van der Waals surface area contributed by atoms with E-state index in [1.54, 1.807) is 19.2 Å². The average molecular weight is 201 g/mol. The summed E-state index contributed by atoms with van der Waals surface area (Å²) in [6.07, 6.45) is 0. The van der Waals surface area contributed by atoms with Crippen LogP contribution in [0.5, 0.6) is 0 Å². The first-order valence-corrected chi connectivity index (χ1v) is 4.40. The van der Waals surface area contributed by atoms with E-state index in [9.17, 15) is 0 Å². The predicted octanol–water partition coefficient (Wildman–Crippen LogP) is 1.18. The maximum absolute atomic E-state index is 9.00. The van der Waals surface area contributed by atoms with Crippen molar-refractivity contribution in [3.63, 3.8) is 0 Å². The molecule has 0 saturated heterocycles.